The molecular weight excluding hydrogens is 484 g/mol. The monoisotopic (exact) mass is 504 g/mol. The van der Waals surface area contributed by atoms with Crippen LogP contribution >= 0.6 is 15.9 Å². The van der Waals surface area contributed by atoms with Gasteiger partial charge in [0.25, 0.3) is 11.8 Å². The first kappa shape index (κ1) is 22.5. The Hall–Kier alpha value is -3.71. The van der Waals surface area contributed by atoms with Crippen LogP contribution in [0, 0.1) is 13.8 Å². The summed E-state index contributed by atoms with van der Waals surface area (Å²) >= 11 is 3.32. The second kappa shape index (κ2) is 9.42. The van der Waals surface area contributed by atoms with Gasteiger partial charge in [0.2, 0.25) is 0 Å². The summed E-state index contributed by atoms with van der Waals surface area (Å²) in [5, 5.41) is 2.22. The maximum Gasteiger partial charge on any atom is 0.335 e. The summed E-state index contributed by atoms with van der Waals surface area (Å²) in [5.74, 6) is -0.739. The number of halogens is 1. The van der Waals surface area contributed by atoms with E-state index in [-0.39, 0.29) is 5.57 Å². The number of hydrogen-bond donors (Lipinski definition) is 1. The number of anilines is 1. The number of amides is 4. The third kappa shape index (κ3) is 5.21. The molecule has 0 bridgehead atoms. The van der Waals surface area contributed by atoms with Gasteiger partial charge >= 0.3 is 6.03 Å². The summed E-state index contributed by atoms with van der Waals surface area (Å²) in [5.41, 5.74) is 4.33. The quantitative estimate of drug-likeness (QED) is 0.377. The molecule has 3 aromatic rings. The number of nitrogens with zero attached hydrogens (tertiary/aromatic N) is 1. The van der Waals surface area contributed by atoms with Gasteiger partial charge in [-0.05, 0) is 67.4 Å². The maximum absolute atomic E-state index is 13.0. The van der Waals surface area contributed by atoms with E-state index >= 15 is 0 Å². The van der Waals surface area contributed by atoms with Crippen LogP contribution in [0.4, 0.5) is 10.5 Å². The molecule has 0 spiro atoms. The minimum Gasteiger partial charge on any atom is -0.489 e. The van der Waals surface area contributed by atoms with E-state index in [1.165, 1.54) is 17.2 Å². The number of aryl methyl sites for hydroxylation is 2. The number of hydrogen-bond acceptors (Lipinski definition) is 4. The molecule has 33 heavy (non-hydrogen) atoms. The van der Waals surface area contributed by atoms with E-state index in [4.69, 9.17) is 4.74 Å². The Bertz CT molecular complexity index is 1240. The lowest BCUT2D eigenvalue weighted by molar-refractivity contribution is -0.122. The topological polar surface area (TPSA) is 75.7 Å². The molecule has 1 N–H and O–H groups in total. The van der Waals surface area contributed by atoms with Crippen molar-refractivity contribution >= 4 is 45.5 Å². The summed E-state index contributed by atoms with van der Waals surface area (Å²) in [7, 11) is 0. The standard InChI is InChI=1S/C26H21BrN2O4/c1-16-11-17(2)13-19(12-16)15-33-22-9-3-18(4-10-22)14-23-24(30)28-26(32)29(25(23)31)21-7-5-20(27)6-8-21/h3-14H,15H2,1-2H3,(H,28,30,32)/b23-14+. The third-order valence-corrected chi connectivity index (χ3v) is 5.59. The average Bonchev–Trinajstić information content (AvgIpc) is 2.76. The highest BCUT2D eigenvalue weighted by atomic mass is 79.9. The first-order valence-corrected chi connectivity index (χ1v) is 11.1. The number of urea groups is 1. The number of rotatable bonds is 5. The molecule has 6 nitrogen and oxygen atoms in total. The zero-order valence-corrected chi connectivity index (χ0v) is 19.7. The molecule has 1 saturated heterocycles. The number of carbonyl (C=O) groups excluding carboxylic acids is 3. The molecule has 0 radical (unpaired) electrons. The molecule has 1 heterocycles. The highest BCUT2D eigenvalue weighted by Crippen LogP contribution is 2.24. The van der Waals surface area contributed by atoms with Gasteiger partial charge in [-0.15, -0.1) is 0 Å². The largest absolute Gasteiger partial charge is 0.489 e. The SMILES string of the molecule is Cc1cc(C)cc(COc2ccc(/C=C3\C(=O)NC(=O)N(c4ccc(Br)cc4)C3=O)cc2)c1. The van der Waals surface area contributed by atoms with Crippen molar-refractivity contribution in [2.24, 2.45) is 0 Å². The predicted octanol–water partition coefficient (Wildman–Crippen LogP) is 5.31. The molecule has 7 heteroatoms. The lowest BCUT2D eigenvalue weighted by atomic mass is 10.1. The van der Waals surface area contributed by atoms with Gasteiger partial charge in [0.05, 0.1) is 5.69 Å². The van der Waals surface area contributed by atoms with Crippen molar-refractivity contribution in [3.8, 4) is 5.75 Å². The lowest BCUT2D eigenvalue weighted by Crippen LogP contribution is -2.54. The van der Waals surface area contributed by atoms with Crippen molar-refractivity contribution in [3.05, 3.63) is 99.0 Å². The molecule has 166 valence electrons. The fourth-order valence-corrected chi connectivity index (χ4v) is 3.89. The summed E-state index contributed by atoms with van der Waals surface area (Å²) < 4.78 is 6.67. The van der Waals surface area contributed by atoms with Crippen LogP contribution in [-0.2, 0) is 16.2 Å². The van der Waals surface area contributed by atoms with E-state index in [1.54, 1.807) is 48.5 Å². The highest BCUT2D eigenvalue weighted by molar-refractivity contribution is 9.10. The first-order valence-electron chi connectivity index (χ1n) is 10.3. The Labute approximate surface area is 200 Å². The van der Waals surface area contributed by atoms with Crippen molar-refractivity contribution in [1.29, 1.82) is 0 Å². The summed E-state index contributed by atoms with van der Waals surface area (Å²) in [4.78, 5) is 38.5. The summed E-state index contributed by atoms with van der Waals surface area (Å²) in [6.07, 6.45) is 1.46. The maximum atomic E-state index is 13.0. The summed E-state index contributed by atoms with van der Waals surface area (Å²) in [6, 6.07) is 19.2. The molecule has 1 aliphatic heterocycles. The Balaban J connectivity index is 1.51. The van der Waals surface area contributed by atoms with Crippen molar-refractivity contribution in [1.82, 2.24) is 5.32 Å². The molecular formula is C26H21BrN2O4. The van der Waals surface area contributed by atoms with Crippen LogP contribution in [0.15, 0.2) is 76.8 Å². The Morgan fingerprint density at radius 2 is 1.55 bits per heavy atom. The van der Waals surface area contributed by atoms with Gasteiger partial charge < -0.3 is 4.74 Å². The zero-order valence-electron chi connectivity index (χ0n) is 18.1. The van der Waals surface area contributed by atoms with Crippen LogP contribution < -0.4 is 15.0 Å². The second-order valence-corrected chi connectivity index (χ2v) is 8.70. The van der Waals surface area contributed by atoms with Gasteiger partial charge in [-0.3, -0.25) is 14.9 Å². The number of barbiturate groups is 1. The smallest absolute Gasteiger partial charge is 0.335 e. The Morgan fingerprint density at radius 3 is 2.18 bits per heavy atom. The average molecular weight is 505 g/mol. The van der Waals surface area contributed by atoms with Crippen LogP contribution in [-0.4, -0.2) is 17.8 Å². The van der Waals surface area contributed by atoms with Gasteiger partial charge in [0, 0.05) is 4.47 Å². The Kier molecular flexibility index (Phi) is 6.42. The zero-order chi connectivity index (χ0) is 23.5. The fraction of sp³-hybridized carbons (Fsp3) is 0.115. The minimum absolute atomic E-state index is 0.124. The van der Waals surface area contributed by atoms with Crippen LogP contribution in [0.1, 0.15) is 22.3 Å². The Morgan fingerprint density at radius 1 is 0.909 bits per heavy atom. The van der Waals surface area contributed by atoms with E-state index in [2.05, 4.69) is 39.4 Å². The van der Waals surface area contributed by atoms with Crippen molar-refractivity contribution in [2.75, 3.05) is 4.90 Å². The molecule has 1 aliphatic rings. The summed E-state index contributed by atoms with van der Waals surface area (Å²) in [6.45, 7) is 4.54. The highest BCUT2D eigenvalue weighted by Gasteiger charge is 2.36. The van der Waals surface area contributed by atoms with Gasteiger partial charge in [-0.1, -0.05) is 57.4 Å². The van der Waals surface area contributed by atoms with Gasteiger partial charge in [0.1, 0.15) is 17.9 Å². The van der Waals surface area contributed by atoms with Gasteiger partial charge in [-0.25, -0.2) is 9.69 Å². The van der Waals surface area contributed by atoms with E-state index in [0.29, 0.717) is 23.6 Å². The van der Waals surface area contributed by atoms with Crippen LogP contribution in [0.2, 0.25) is 0 Å². The van der Waals surface area contributed by atoms with E-state index in [1.807, 2.05) is 13.8 Å². The number of ether oxygens (including phenoxy) is 1. The molecule has 0 unspecified atom stereocenters. The number of imide groups is 2. The number of benzene rings is 3. The number of carbonyl (C=O) groups is 3. The van der Waals surface area contributed by atoms with Crippen LogP contribution in [0.25, 0.3) is 6.08 Å². The third-order valence-electron chi connectivity index (χ3n) is 5.06. The van der Waals surface area contributed by atoms with Gasteiger partial charge in [-0.2, -0.15) is 0 Å². The molecule has 1 fully saturated rings. The first-order chi connectivity index (χ1) is 15.8. The normalized spacial score (nSPS) is 15.1. The molecule has 3 aromatic carbocycles. The van der Waals surface area contributed by atoms with E-state index in [9.17, 15) is 14.4 Å². The molecule has 4 amide bonds. The number of nitrogens with one attached hydrogen (secondary N) is 1. The van der Waals surface area contributed by atoms with Gasteiger partial charge in [0.15, 0.2) is 0 Å². The minimum atomic E-state index is -0.778. The van der Waals surface area contributed by atoms with Crippen molar-refractivity contribution in [3.63, 3.8) is 0 Å². The molecule has 4 rings (SSSR count). The van der Waals surface area contributed by atoms with Crippen LogP contribution in [0.5, 0.6) is 5.75 Å². The lowest BCUT2D eigenvalue weighted by Gasteiger charge is -2.26. The molecule has 0 saturated carbocycles. The molecule has 0 aromatic heterocycles. The van der Waals surface area contributed by atoms with E-state index < -0.39 is 17.8 Å². The van der Waals surface area contributed by atoms with E-state index in [0.717, 1.165) is 14.9 Å². The second-order valence-electron chi connectivity index (χ2n) is 7.79. The molecule has 0 aliphatic carbocycles. The predicted molar refractivity (Wildman–Crippen MR) is 130 cm³/mol. The fourth-order valence-electron chi connectivity index (χ4n) is 3.63. The molecule has 0 atom stereocenters. The van der Waals surface area contributed by atoms with Crippen molar-refractivity contribution < 1.29 is 19.1 Å². The van der Waals surface area contributed by atoms with Crippen LogP contribution in [0.3, 0.4) is 0 Å². The van der Waals surface area contributed by atoms with Crippen molar-refractivity contribution in [2.45, 2.75) is 20.5 Å².